The topological polar surface area (TPSA) is 117 Å². The molecule has 0 fully saturated rings. The molecule has 128 valence electrons. The first-order chi connectivity index (χ1) is 11.4. The SMILES string of the molecule is COc1cc(Cc2cnc(N)nc2N)cc(OC)c1C(=O)N(C)C. The molecule has 1 aromatic carbocycles. The summed E-state index contributed by atoms with van der Waals surface area (Å²) < 4.78 is 10.8. The van der Waals surface area contributed by atoms with E-state index < -0.39 is 0 Å². The molecule has 0 atom stereocenters. The van der Waals surface area contributed by atoms with E-state index in [1.807, 2.05) is 0 Å². The molecule has 8 nitrogen and oxygen atoms in total. The van der Waals surface area contributed by atoms with Crippen LogP contribution in [0.15, 0.2) is 18.3 Å². The number of ether oxygens (including phenoxy) is 2. The van der Waals surface area contributed by atoms with Crippen LogP contribution in [0.1, 0.15) is 21.5 Å². The maximum Gasteiger partial charge on any atom is 0.260 e. The van der Waals surface area contributed by atoms with Crippen molar-refractivity contribution < 1.29 is 14.3 Å². The molecule has 0 spiro atoms. The lowest BCUT2D eigenvalue weighted by molar-refractivity contribution is 0.0820. The lowest BCUT2D eigenvalue weighted by Crippen LogP contribution is -2.23. The minimum atomic E-state index is -0.203. The van der Waals surface area contributed by atoms with Gasteiger partial charge in [-0.25, -0.2) is 4.98 Å². The molecule has 0 saturated carbocycles. The Bertz CT molecular complexity index is 736. The summed E-state index contributed by atoms with van der Waals surface area (Å²) in [4.78, 5) is 21.7. The van der Waals surface area contributed by atoms with E-state index in [0.29, 0.717) is 29.3 Å². The predicted octanol–water partition coefficient (Wildman–Crippen LogP) is 0.951. The standard InChI is InChI=1S/C16H21N5O3/c1-21(2)15(22)13-11(23-3)6-9(7-12(13)24-4)5-10-8-19-16(18)20-14(10)17/h6-8H,5H2,1-4H3,(H4,17,18,19,20). The molecule has 0 unspecified atom stereocenters. The van der Waals surface area contributed by atoms with Gasteiger partial charge in [0.1, 0.15) is 22.9 Å². The molecular formula is C16H21N5O3. The average Bonchev–Trinajstić information content (AvgIpc) is 2.55. The fraction of sp³-hybridized carbons (Fsp3) is 0.312. The molecule has 0 saturated heterocycles. The minimum Gasteiger partial charge on any atom is -0.496 e. The quantitative estimate of drug-likeness (QED) is 0.837. The highest BCUT2D eigenvalue weighted by atomic mass is 16.5. The van der Waals surface area contributed by atoms with E-state index in [-0.39, 0.29) is 11.9 Å². The van der Waals surface area contributed by atoms with Gasteiger partial charge in [0.15, 0.2) is 0 Å². The third kappa shape index (κ3) is 3.48. The van der Waals surface area contributed by atoms with Gasteiger partial charge in [-0.2, -0.15) is 4.98 Å². The van der Waals surface area contributed by atoms with Crippen molar-refractivity contribution in [3.63, 3.8) is 0 Å². The van der Waals surface area contributed by atoms with Crippen molar-refractivity contribution in [3.8, 4) is 11.5 Å². The fourth-order valence-corrected chi connectivity index (χ4v) is 2.29. The van der Waals surface area contributed by atoms with Gasteiger partial charge in [-0.15, -0.1) is 0 Å². The zero-order valence-corrected chi connectivity index (χ0v) is 14.2. The molecule has 2 aromatic rings. The summed E-state index contributed by atoms with van der Waals surface area (Å²) in [6.45, 7) is 0. The van der Waals surface area contributed by atoms with Gasteiger partial charge in [0.2, 0.25) is 5.95 Å². The summed E-state index contributed by atoms with van der Waals surface area (Å²) >= 11 is 0. The molecule has 1 heterocycles. The first-order valence-corrected chi connectivity index (χ1v) is 7.20. The first-order valence-electron chi connectivity index (χ1n) is 7.20. The summed E-state index contributed by atoms with van der Waals surface area (Å²) in [7, 11) is 6.35. The summed E-state index contributed by atoms with van der Waals surface area (Å²) in [5.41, 5.74) is 13.3. The molecule has 1 aromatic heterocycles. The van der Waals surface area contributed by atoms with E-state index in [2.05, 4.69) is 9.97 Å². The highest BCUT2D eigenvalue weighted by Gasteiger charge is 2.21. The van der Waals surface area contributed by atoms with E-state index >= 15 is 0 Å². The molecule has 0 bridgehead atoms. The van der Waals surface area contributed by atoms with Crippen molar-refractivity contribution in [1.29, 1.82) is 0 Å². The number of nitrogen functional groups attached to an aromatic ring is 2. The Morgan fingerprint density at radius 1 is 1.17 bits per heavy atom. The van der Waals surface area contributed by atoms with Crippen molar-refractivity contribution in [2.45, 2.75) is 6.42 Å². The molecule has 0 aliphatic rings. The van der Waals surface area contributed by atoms with Crippen molar-refractivity contribution in [1.82, 2.24) is 14.9 Å². The summed E-state index contributed by atoms with van der Waals surface area (Å²) in [5, 5.41) is 0. The summed E-state index contributed by atoms with van der Waals surface area (Å²) in [5.74, 6) is 1.09. The first kappa shape index (κ1) is 17.3. The Morgan fingerprint density at radius 2 is 1.75 bits per heavy atom. The maximum absolute atomic E-state index is 12.4. The van der Waals surface area contributed by atoms with Crippen molar-refractivity contribution in [2.75, 3.05) is 39.8 Å². The van der Waals surface area contributed by atoms with Gasteiger partial charge in [-0.3, -0.25) is 4.79 Å². The second-order valence-corrected chi connectivity index (χ2v) is 5.39. The minimum absolute atomic E-state index is 0.123. The van der Waals surface area contributed by atoms with Gasteiger partial charge < -0.3 is 25.8 Å². The number of benzene rings is 1. The van der Waals surface area contributed by atoms with Crippen molar-refractivity contribution >= 4 is 17.7 Å². The van der Waals surface area contributed by atoms with E-state index in [4.69, 9.17) is 20.9 Å². The summed E-state index contributed by atoms with van der Waals surface area (Å²) in [6, 6.07) is 3.55. The molecule has 4 N–H and O–H groups in total. The van der Waals surface area contributed by atoms with E-state index in [9.17, 15) is 4.79 Å². The number of anilines is 2. The van der Waals surface area contributed by atoms with Crippen LogP contribution >= 0.6 is 0 Å². The highest BCUT2D eigenvalue weighted by Crippen LogP contribution is 2.32. The Kier molecular flexibility index (Phi) is 5.08. The Balaban J connectivity index is 2.47. The normalized spacial score (nSPS) is 10.3. The molecule has 0 radical (unpaired) electrons. The van der Waals surface area contributed by atoms with Crippen LogP contribution in [0.4, 0.5) is 11.8 Å². The number of hydrogen-bond acceptors (Lipinski definition) is 7. The van der Waals surface area contributed by atoms with Gasteiger partial charge in [0, 0.05) is 32.3 Å². The van der Waals surface area contributed by atoms with Gasteiger partial charge in [-0.1, -0.05) is 0 Å². The number of carbonyl (C=O) groups is 1. The van der Waals surface area contributed by atoms with Crippen molar-refractivity contribution in [2.24, 2.45) is 0 Å². The highest BCUT2D eigenvalue weighted by molar-refractivity contribution is 5.99. The molecule has 8 heteroatoms. The average molecular weight is 331 g/mol. The lowest BCUT2D eigenvalue weighted by Gasteiger charge is -2.18. The predicted molar refractivity (Wildman–Crippen MR) is 91.2 cm³/mol. The second kappa shape index (κ2) is 7.03. The molecule has 2 rings (SSSR count). The van der Waals surface area contributed by atoms with Crippen LogP contribution in [-0.4, -0.2) is 49.1 Å². The van der Waals surface area contributed by atoms with Crippen LogP contribution < -0.4 is 20.9 Å². The molecule has 0 aliphatic carbocycles. The number of rotatable bonds is 5. The lowest BCUT2D eigenvalue weighted by atomic mass is 10.0. The van der Waals surface area contributed by atoms with E-state index in [1.54, 1.807) is 32.4 Å². The number of carbonyl (C=O) groups excluding carboxylic acids is 1. The smallest absolute Gasteiger partial charge is 0.260 e. The second-order valence-electron chi connectivity index (χ2n) is 5.39. The number of nitrogens with zero attached hydrogens (tertiary/aromatic N) is 3. The molecule has 0 aliphatic heterocycles. The third-order valence-corrected chi connectivity index (χ3v) is 3.50. The van der Waals surface area contributed by atoms with Crippen LogP contribution in [0.2, 0.25) is 0 Å². The fourth-order valence-electron chi connectivity index (χ4n) is 2.29. The van der Waals surface area contributed by atoms with Gasteiger partial charge in [-0.05, 0) is 17.7 Å². The van der Waals surface area contributed by atoms with Crippen LogP contribution in [0.3, 0.4) is 0 Å². The van der Waals surface area contributed by atoms with E-state index in [1.165, 1.54) is 19.1 Å². The van der Waals surface area contributed by atoms with Crippen LogP contribution in [-0.2, 0) is 6.42 Å². The Labute approximate surface area is 140 Å². The molecular weight excluding hydrogens is 310 g/mol. The van der Waals surface area contributed by atoms with Gasteiger partial charge >= 0.3 is 0 Å². The maximum atomic E-state index is 12.4. The largest absolute Gasteiger partial charge is 0.496 e. The summed E-state index contributed by atoms with van der Waals surface area (Å²) in [6.07, 6.45) is 2.03. The zero-order chi connectivity index (χ0) is 17.9. The molecule has 1 amide bonds. The Hall–Kier alpha value is -3.03. The monoisotopic (exact) mass is 331 g/mol. The third-order valence-electron chi connectivity index (χ3n) is 3.50. The van der Waals surface area contributed by atoms with Gasteiger partial charge in [0.25, 0.3) is 5.91 Å². The number of amides is 1. The molecule has 24 heavy (non-hydrogen) atoms. The zero-order valence-electron chi connectivity index (χ0n) is 14.2. The van der Waals surface area contributed by atoms with Crippen LogP contribution in [0, 0.1) is 0 Å². The number of methoxy groups -OCH3 is 2. The number of hydrogen-bond donors (Lipinski definition) is 2. The Morgan fingerprint density at radius 3 is 2.21 bits per heavy atom. The van der Waals surface area contributed by atoms with Crippen LogP contribution in [0.25, 0.3) is 0 Å². The number of aromatic nitrogens is 2. The van der Waals surface area contributed by atoms with E-state index in [0.717, 1.165) is 11.1 Å². The number of nitrogens with two attached hydrogens (primary N) is 2. The van der Waals surface area contributed by atoms with Crippen LogP contribution in [0.5, 0.6) is 11.5 Å². The van der Waals surface area contributed by atoms with Gasteiger partial charge in [0.05, 0.1) is 14.2 Å². The van der Waals surface area contributed by atoms with Crippen molar-refractivity contribution in [3.05, 3.63) is 35.0 Å².